The summed E-state index contributed by atoms with van der Waals surface area (Å²) < 4.78 is 5.08. The molecule has 0 aliphatic carbocycles. The molecule has 0 aliphatic heterocycles. The zero-order valence-corrected chi connectivity index (χ0v) is 13.0. The summed E-state index contributed by atoms with van der Waals surface area (Å²) >= 11 is 1.16. The van der Waals surface area contributed by atoms with E-state index < -0.39 is 0 Å². The third-order valence-electron chi connectivity index (χ3n) is 3.43. The highest BCUT2D eigenvalue weighted by atomic mass is 32.1. The monoisotopic (exact) mass is 324 g/mol. The molecule has 0 spiro atoms. The summed E-state index contributed by atoms with van der Waals surface area (Å²) in [4.78, 5) is 17.7. The van der Waals surface area contributed by atoms with Gasteiger partial charge < -0.3 is 16.2 Å². The number of rotatable bonds is 3. The quantitative estimate of drug-likeness (QED) is 0.715. The maximum absolute atomic E-state index is 12.6. The minimum Gasteiger partial charge on any atom is -0.497 e. The molecule has 0 radical (unpaired) electrons. The van der Waals surface area contributed by atoms with Crippen molar-refractivity contribution in [2.24, 2.45) is 0 Å². The van der Waals surface area contributed by atoms with Gasteiger partial charge in [-0.15, -0.1) is 11.3 Å². The number of ether oxygens (including phenoxy) is 1. The zero-order valence-electron chi connectivity index (χ0n) is 12.2. The van der Waals surface area contributed by atoms with Gasteiger partial charge in [-0.1, -0.05) is 0 Å². The van der Waals surface area contributed by atoms with E-state index in [2.05, 4.69) is 4.98 Å². The minimum atomic E-state index is -0.203. The molecule has 3 rings (SSSR count). The highest BCUT2D eigenvalue weighted by molar-refractivity contribution is 7.21. The Balaban J connectivity index is 2.10. The number of aromatic nitrogens is 1. The number of carbonyl (C=O) groups is 1. The number of pyridine rings is 1. The molecule has 0 atom stereocenters. The molecule has 0 saturated heterocycles. The molecule has 2 aromatic heterocycles. The molecule has 6 nitrogen and oxygen atoms in total. The van der Waals surface area contributed by atoms with Crippen molar-refractivity contribution in [2.75, 3.05) is 18.6 Å². The molecule has 7 heteroatoms. The molecule has 0 saturated carbocycles. The fraction of sp³-hybridized carbons (Fsp3) is 0.0625. The highest BCUT2D eigenvalue weighted by Crippen LogP contribution is 2.35. The summed E-state index contributed by atoms with van der Waals surface area (Å²) in [6, 6.07) is 10.3. The summed E-state index contributed by atoms with van der Waals surface area (Å²) in [6.07, 6.45) is 0. The summed E-state index contributed by atoms with van der Waals surface area (Å²) in [5.41, 5.74) is 12.8. The van der Waals surface area contributed by atoms with E-state index in [-0.39, 0.29) is 17.2 Å². The lowest BCUT2D eigenvalue weighted by molar-refractivity contribution is 0.104. The lowest BCUT2D eigenvalue weighted by atomic mass is 10.1. The number of hydrogen-bond donors (Lipinski definition) is 2. The van der Waals surface area contributed by atoms with Crippen LogP contribution in [0, 0.1) is 11.3 Å². The smallest absolute Gasteiger partial charge is 0.205 e. The van der Waals surface area contributed by atoms with E-state index in [0.717, 1.165) is 11.3 Å². The molecule has 114 valence electrons. The number of hydrogen-bond acceptors (Lipinski definition) is 7. The first-order valence-electron chi connectivity index (χ1n) is 6.62. The fourth-order valence-electron chi connectivity index (χ4n) is 2.19. The second-order valence-corrected chi connectivity index (χ2v) is 5.79. The van der Waals surface area contributed by atoms with Crippen molar-refractivity contribution in [1.82, 2.24) is 4.98 Å². The number of nitrogen functional groups attached to an aromatic ring is 2. The molecule has 0 amide bonds. The maximum atomic E-state index is 12.6. The van der Waals surface area contributed by atoms with Crippen LogP contribution in [0.4, 0.5) is 11.5 Å². The van der Waals surface area contributed by atoms with Crippen LogP contribution < -0.4 is 16.2 Å². The van der Waals surface area contributed by atoms with Crippen molar-refractivity contribution in [3.05, 3.63) is 46.3 Å². The van der Waals surface area contributed by atoms with Crippen molar-refractivity contribution < 1.29 is 9.53 Å². The Morgan fingerprint density at radius 3 is 2.61 bits per heavy atom. The predicted molar refractivity (Wildman–Crippen MR) is 89.6 cm³/mol. The number of nitrogens with zero attached hydrogens (tertiary/aromatic N) is 2. The molecular formula is C16H12N4O2S. The number of methoxy groups -OCH3 is 1. The Morgan fingerprint density at radius 1 is 1.30 bits per heavy atom. The number of thiophene rings is 1. The first-order valence-corrected chi connectivity index (χ1v) is 7.44. The number of anilines is 2. The Labute approximate surface area is 135 Å². The van der Waals surface area contributed by atoms with Crippen molar-refractivity contribution in [3.8, 4) is 11.8 Å². The number of nitriles is 1. The van der Waals surface area contributed by atoms with Crippen LogP contribution in [0.3, 0.4) is 0 Å². The van der Waals surface area contributed by atoms with Crippen LogP contribution in [-0.4, -0.2) is 17.9 Å². The summed E-state index contributed by atoms with van der Waals surface area (Å²) in [5, 5.41) is 9.59. The lowest BCUT2D eigenvalue weighted by Crippen LogP contribution is -2.02. The van der Waals surface area contributed by atoms with Gasteiger partial charge in [0, 0.05) is 10.9 Å². The van der Waals surface area contributed by atoms with Crippen molar-refractivity contribution in [1.29, 1.82) is 5.26 Å². The Bertz CT molecular complexity index is 955. The number of carbonyl (C=O) groups excluding carboxylic acids is 1. The molecule has 23 heavy (non-hydrogen) atoms. The van der Waals surface area contributed by atoms with E-state index in [9.17, 15) is 4.79 Å². The normalized spacial score (nSPS) is 10.4. The van der Waals surface area contributed by atoms with Gasteiger partial charge in [-0.2, -0.15) is 5.26 Å². The summed E-state index contributed by atoms with van der Waals surface area (Å²) in [7, 11) is 1.56. The van der Waals surface area contributed by atoms with Crippen molar-refractivity contribution >= 4 is 38.8 Å². The number of ketones is 1. The first-order chi connectivity index (χ1) is 11.0. The van der Waals surface area contributed by atoms with Crippen LogP contribution in [0.25, 0.3) is 10.2 Å². The van der Waals surface area contributed by atoms with E-state index in [1.165, 1.54) is 0 Å². The van der Waals surface area contributed by atoms with Gasteiger partial charge in [-0.05, 0) is 30.3 Å². The van der Waals surface area contributed by atoms with E-state index in [1.807, 2.05) is 6.07 Å². The van der Waals surface area contributed by atoms with Crippen LogP contribution in [0.1, 0.15) is 20.8 Å². The van der Waals surface area contributed by atoms with Crippen LogP contribution in [0.5, 0.6) is 5.75 Å². The van der Waals surface area contributed by atoms with Gasteiger partial charge in [0.15, 0.2) is 0 Å². The average molecular weight is 324 g/mol. The second kappa shape index (κ2) is 5.59. The standard InChI is InChI=1S/C16H12N4O2S/c1-22-10-4-2-8(3-5-10)13(21)14-12(18)11-6-9(7-17)15(19)20-16(11)23-14/h2-6H,18H2,1H3,(H2,19,20). The van der Waals surface area contributed by atoms with Gasteiger partial charge in [-0.3, -0.25) is 4.79 Å². The van der Waals surface area contributed by atoms with E-state index in [1.54, 1.807) is 37.4 Å². The SMILES string of the molecule is COc1ccc(C(=O)c2sc3nc(N)c(C#N)cc3c2N)cc1. The molecule has 3 aromatic rings. The zero-order chi connectivity index (χ0) is 16.6. The topological polar surface area (TPSA) is 115 Å². The first kappa shape index (κ1) is 14.8. The second-order valence-electron chi connectivity index (χ2n) is 4.79. The number of nitrogens with two attached hydrogens (primary N) is 2. The molecule has 4 N–H and O–H groups in total. The van der Waals surface area contributed by atoms with Gasteiger partial charge in [0.1, 0.15) is 27.3 Å². The van der Waals surface area contributed by atoms with Gasteiger partial charge in [0.05, 0.1) is 18.4 Å². The largest absolute Gasteiger partial charge is 0.497 e. The molecule has 0 bridgehead atoms. The Morgan fingerprint density at radius 2 is 2.00 bits per heavy atom. The summed E-state index contributed by atoms with van der Waals surface area (Å²) in [6.45, 7) is 0. The molecule has 0 aliphatic rings. The molecule has 1 aromatic carbocycles. The minimum absolute atomic E-state index is 0.129. The van der Waals surface area contributed by atoms with Gasteiger partial charge in [0.2, 0.25) is 5.78 Å². The maximum Gasteiger partial charge on any atom is 0.205 e. The van der Waals surface area contributed by atoms with Crippen LogP contribution in [0.15, 0.2) is 30.3 Å². The Hall–Kier alpha value is -3.11. The van der Waals surface area contributed by atoms with Crippen molar-refractivity contribution in [2.45, 2.75) is 0 Å². The third kappa shape index (κ3) is 2.45. The number of benzene rings is 1. The molecule has 0 fully saturated rings. The highest BCUT2D eigenvalue weighted by Gasteiger charge is 2.20. The van der Waals surface area contributed by atoms with Gasteiger partial charge in [-0.25, -0.2) is 4.98 Å². The summed E-state index contributed by atoms with van der Waals surface area (Å²) in [5.74, 6) is 0.592. The van der Waals surface area contributed by atoms with E-state index >= 15 is 0 Å². The van der Waals surface area contributed by atoms with Crippen molar-refractivity contribution in [3.63, 3.8) is 0 Å². The molecule has 2 heterocycles. The molecular weight excluding hydrogens is 312 g/mol. The number of fused-ring (bicyclic) bond motifs is 1. The average Bonchev–Trinajstić information content (AvgIpc) is 2.89. The van der Waals surface area contributed by atoms with E-state index in [0.29, 0.717) is 32.1 Å². The predicted octanol–water partition coefficient (Wildman–Crippen LogP) is 2.57. The Kier molecular flexibility index (Phi) is 3.60. The van der Waals surface area contributed by atoms with E-state index in [4.69, 9.17) is 21.5 Å². The van der Waals surface area contributed by atoms with Crippen LogP contribution in [-0.2, 0) is 0 Å². The lowest BCUT2D eigenvalue weighted by Gasteiger charge is -2.02. The van der Waals surface area contributed by atoms with Gasteiger partial charge in [0.25, 0.3) is 0 Å². The fourth-order valence-corrected chi connectivity index (χ4v) is 3.23. The third-order valence-corrected chi connectivity index (χ3v) is 4.54. The van der Waals surface area contributed by atoms with Gasteiger partial charge >= 0.3 is 0 Å². The van der Waals surface area contributed by atoms with Crippen LogP contribution in [0.2, 0.25) is 0 Å². The van der Waals surface area contributed by atoms with Crippen LogP contribution >= 0.6 is 11.3 Å². The molecule has 0 unspecified atom stereocenters.